The molecule has 0 aromatic heterocycles. The Morgan fingerprint density at radius 3 is 2.56 bits per heavy atom. The van der Waals surface area contributed by atoms with Gasteiger partial charge in [0.25, 0.3) is 0 Å². The molecule has 0 saturated heterocycles. The molecule has 0 saturated carbocycles. The van der Waals surface area contributed by atoms with Crippen LogP contribution in [0, 0.1) is 12.3 Å². The summed E-state index contributed by atoms with van der Waals surface area (Å²) in [6.45, 7) is 8.90. The molecule has 0 spiro atoms. The van der Waals surface area contributed by atoms with Crippen molar-refractivity contribution in [3.8, 4) is 0 Å². The standard InChI is InChI=1S/C22H30N2O/c1-13-16(9-10-18(24-5)21(13)23)20(22(2,3)4)15-7-6-14-8-11-19(25)17(14)12-15/h6-7,9-10,12,19-20,24-25H,8,11,23H2,1-5H3. The number of anilines is 2. The number of aliphatic hydroxyl groups excluding tert-OH is 1. The summed E-state index contributed by atoms with van der Waals surface area (Å²) in [4.78, 5) is 0. The number of fused-ring (bicyclic) bond motifs is 1. The molecule has 0 radical (unpaired) electrons. The second kappa shape index (κ2) is 6.38. The van der Waals surface area contributed by atoms with E-state index in [1.54, 1.807) is 0 Å². The lowest BCUT2D eigenvalue weighted by Crippen LogP contribution is -2.21. The fraction of sp³-hybridized carbons (Fsp3) is 0.455. The Morgan fingerprint density at radius 2 is 1.92 bits per heavy atom. The van der Waals surface area contributed by atoms with Crippen LogP contribution >= 0.6 is 0 Å². The first-order chi connectivity index (χ1) is 11.7. The molecule has 2 atom stereocenters. The average molecular weight is 338 g/mol. The molecule has 2 aromatic carbocycles. The van der Waals surface area contributed by atoms with E-state index in [0.29, 0.717) is 0 Å². The maximum Gasteiger partial charge on any atom is 0.0796 e. The topological polar surface area (TPSA) is 58.3 Å². The van der Waals surface area contributed by atoms with Gasteiger partial charge in [0, 0.05) is 13.0 Å². The van der Waals surface area contributed by atoms with Gasteiger partial charge in [-0.3, -0.25) is 0 Å². The van der Waals surface area contributed by atoms with Gasteiger partial charge < -0.3 is 16.2 Å². The van der Waals surface area contributed by atoms with Crippen molar-refractivity contribution in [2.24, 2.45) is 5.41 Å². The number of rotatable bonds is 3. The summed E-state index contributed by atoms with van der Waals surface area (Å²) in [5.41, 5.74) is 14.2. The Morgan fingerprint density at radius 1 is 1.20 bits per heavy atom. The lowest BCUT2D eigenvalue weighted by atomic mass is 9.71. The number of nitrogens with two attached hydrogens (primary N) is 1. The molecule has 134 valence electrons. The first-order valence-electron chi connectivity index (χ1n) is 9.11. The zero-order valence-corrected chi connectivity index (χ0v) is 16.0. The summed E-state index contributed by atoms with van der Waals surface area (Å²) >= 11 is 0. The zero-order valence-electron chi connectivity index (χ0n) is 16.0. The second-order valence-electron chi connectivity index (χ2n) is 8.30. The van der Waals surface area contributed by atoms with Crippen LogP contribution in [0.5, 0.6) is 0 Å². The molecule has 1 aliphatic carbocycles. The van der Waals surface area contributed by atoms with E-state index < -0.39 is 0 Å². The summed E-state index contributed by atoms with van der Waals surface area (Å²) < 4.78 is 0. The van der Waals surface area contributed by atoms with Crippen molar-refractivity contribution in [1.82, 2.24) is 0 Å². The normalized spacial score (nSPS) is 18.1. The van der Waals surface area contributed by atoms with Crippen molar-refractivity contribution in [3.05, 3.63) is 58.1 Å². The van der Waals surface area contributed by atoms with Crippen molar-refractivity contribution < 1.29 is 5.11 Å². The summed E-state index contributed by atoms with van der Waals surface area (Å²) in [5, 5.41) is 13.5. The van der Waals surface area contributed by atoms with Gasteiger partial charge in [0.2, 0.25) is 0 Å². The van der Waals surface area contributed by atoms with Crippen LogP contribution in [0.1, 0.15) is 67.0 Å². The van der Waals surface area contributed by atoms with Crippen LogP contribution in [0.4, 0.5) is 11.4 Å². The zero-order chi connectivity index (χ0) is 18.4. The number of nitrogen functional groups attached to an aromatic ring is 1. The summed E-state index contributed by atoms with van der Waals surface area (Å²) in [6.07, 6.45) is 1.48. The van der Waals surface area contributed by atoms with Crippen molar-refractivity contribution >= 4 is 11.4 Å². The van der Waals surface area contributed by atoms with Crippen molar-refractivity contribution in [3.63, 3.8) is 0 Å². The molecular formula is C22H30N2O. The Kier molecular flexibility index (Phi) is 4.54. The van der Waals surface area contributed by atoms with Crippen molar-refractivity contribution in [1.29, 1.82) is 0 Å². The van der Waals surface area contributed by atoms with Crippen LogP contribution in [0.25, 0.3) is 0 Å². The highest BCUT2D eigenvalue weighted by Gasteiger charge is 2.31. The van der Waals surface area contributed by atoms with Gasteiger partial charge in [0.05, 0.1) is 17.5 Å². The largest absolute Gasteiger partial charge is 0.397 e. The minimum absolute atomic E-state index is 0.0379. The summed E-state index contributed by atoms with van der Waals surface area (Å²) in [6, 6.07) is 10.9. The van der Waals surface area contributed by atoms with Gasteiger partial charge in [-0.15, -0.1) is 0 Å². The predicted octanol–water partition coefficient (Wildman–Crippen LogP) is 4.78. The SMILES string of the molecule is CNc1ccc(C(c2ccc3c(c2)C(O)CC3)C(C)(C)C)c(C)c1N. The highest BCUT2D eigenvalue weighted by molar-refractivity contribution is 5.72. The molecule has 25 heavy (non-hydrogen) atoms. The van der Waals surface area contributed by atoms with Gasteiger partial charge in [-0.1, -0.05) is 45.0 Å². The number of hydrogen-bond donors (Lipinski definition) is 3. The fourth-order valence-electron chi connectivity index (χ4n) is 4.20. The van der Waals surface area contributed by atoms with E-state index in [-0.39, 0.29) is 17.4 Å². The molecule has 3 nitrogen and oxygen atoms in total. The number of aryl methyl sites for hydroxylation is 1. The minimum atomic E-state index is -0.326. The fourth-order valence-corrected chi connectivity index (χ4v) is 4.20. The summed E-state index contributed by atoms with van der Waals surface area (Å²) in [7, 11) is 1.90. The van der Waals surface area contributed by atoms with Gasteiger partial charge in [-0.2, -0.15) is 0 Å². The van der Waals surface area contributed by atoms with E-state index in [0.717, 1.165) is 35.3 Å². The van der Waals surface area contributed by atoms with E-state index in [4.69, 9.17) is 5.73 Å². The van der Waals surface area contributed by atoms with Crippen LogP contribution in [-0.2, 0) is 6.42 Å². The third-order valence-corrected chi connectivity index (χ3v) is 5.55. The lowest BCUT2D eigenvalue weighted by molar-refractivity contribution is 0.180. The molecule has 0 fully saturated rings. The second-order valence-corrected chi connectivity index (χ2v) is 8.30. The van der Waals surface area contributed by atoms with E-state index in [1.165, 1.54) is 16.7 Å². The first kappa shape index (κ1) is 17.8. The molecule has 0 aliphatic heterocycles. The van der Waals surface area contributed by atoms with Crippen LogP contribution < -0.4 is 11.1 Å². The predicted molar refractivity (Wildman–Crippen MR) is 106 cm³/mol. The third kappa shape index (κ3) is 3.13. The third-order valence-electron chi connectivity index (χ3n) is 5.55. The first-order valence-corrected chi connectivity index (χ1v) is 9.11. The molecule has 2 unspecified atom stereocenters. The minimum Gasteiger partial charge on any atom is -0.397 e. The van der Waals surface area contributed by atoms with Crippen molar-refractivity contribution in [2.75, 3.05) is 18.1 Å². The molecular weight excluding hydrogens is 308 g/mol. The van der Waals surface area contributed by atoms with Crippen LogP contribution in [-0.4, -0.2) is 12.2 Å². The van der Waals surface area contributed by atoms with Gasteiger partial charge in [-0.05, 0) is 59.1 Å². The number of aliphatic hydroxyl groups is 1. The van der Waals surface area contributed by atoms with E-state index in [1.807, 2.05) is 7.05 Å². The Labute approximate surface area is 151 Å². The van der Waals surface area contributed by atoms with Crippen molar-refractivity contribution in [2.45, 2.75) is 52.6 Å². The molecule has 1 aliphatic rings. The van der Waals surface area contributed by atoms with Crippen LogP contribution in [0.2, 0.25) is 0 Å². The molecule has 0 bridgehead atoms. The summed E-state index contributed by atoms with van der Waals surface area (Å²) in [5.74, 6) is 0.221. The van der Waals surface area contributed by atoms with Crippen LogP contribution in [0.15, 0.2) is 30.3 Å². The van der Waals surface area contributed by atoms with E-state index in [2.05, 4.69) is 63.3 Å². The highest BCUT2D eigenvalue weighted by Crippen LogP contribution is 2.45. The maximum absolute atomic E-state index is 10.3. The average Bonchev–Trinajstić information content (AvgIpc) is 2.92. The number of benzene rings is 2. The van der Waals surface area contributed by atoms with E-state index in [9.17, 15) is 5.11 Å². The Hall–Kier alpha value is -2.00. The number of nitrogens with one attached hydrogen (secondary N) is 1. The van der Waals surface area contributed by atoms with Gasteiger partial charge >= 0.3 is 0 Å². The van der Waals surface area contributed by atoms with Gasteiger partial charge in [-0.25, -0.2) is 0 Å². The monoisotopic (exact) mass is 338 g/mol. The van der Waals surface area contributed by atoms with Crippen LogP contribution in [0.3, 0.4) is 0 Å². The molecule has 3 heteroatoms. The van der Waals surface area contributed by atoms with Gasteiger partial charge in [0.15, 0.2) is 0 Å². The molecule has 2 aromatic rings. The lowest BCUT2D eigenvalue weighted by Gasteiger charge is -2.34. The van der Waals surface area contributed by atoms with E-state index >= 15 is 0 Å². The molecule has 4 N–H and O–H groups in total. The Bertz CT molecular complexity index is 789. The number of hydrogen-bond acceptors (Lipinski definition) is 3. The highest BCUT2D eigenvalue weighted by atomic mass is 16.3. The maximum atomic E-state index is 10.3. The Balaban J connectivity index is 2.15. The molecule has 3 rings (SSSR count). The molecule has 0 heterocycles. The quantitative estimate of drug-likeness (QED) is 0.706. The molecule has 0 amide bonds. The van der Waals surface area contributed by atoms with Gasteiger partial charge in [0.1, 0.15) is 0 Å². The smallest absolute Gasteiger partial charge is 0.0796 e.